The van der Waals surface area contributed by atoms with Crippen LogP contribution in [0.4, 0.5) is 18.9 Å². The van der Waals surface area contributed by atoms with Gasteiger partial charge in [0.15, 0.2) is 0 Å². The Hall–Kier alpha value is -2.84. The number of carbonyl (C=O) groups excluding carboxylic acids is 3. The van der Waals surface area contributed by atoms with Gasteiger partial charge in [-0.05, 0) is 25.5 Å². The standard InChI is InChI=1S/C19H20F3N3O3/c1-3-10-23(12-19(20,21)22)16(27)11-24-17(28)13-6-4-5-7-14(13)25-15(26)8-9-18(24,25)2/h3-7H,1,8-12H2,2H3. The van der Waals surface area contributed by atoms with Gasteiger partial charge in [0.2, 0.25) is 11.8 Å². The minimum atomic E-state index is -4.57. The van der Waals surface area contributed by atoms with Crippen molar-refractivity contribution >= 4 is 23.4 Å². The van der Waals surface area contributed by atoms with E-state index in [0.29, 0.717) is 17.0 Å². The molecule has 1 fully saturated rings. The monoisotopic (exact) mass is 395 g/mol. The average Bonchev–Trinajstić information content (AvgIpc) is 2.93. The van der Waals surface area contributed by atoms with Gasteiger partial charge in [0.25, 0.3) is 5.91 Å². The summed E-state index contributed by atoms with van der Waals surface area (Å²) in [5.41, 5.74) is -0.399. The molecule has 2 aliphatic rings. The molecular weight excluding hydrogens is 375 g/mol. The maximum atomic E-state index is 13.0. The second-order valence-electron chi connectivity index (χ2n) is 7.03. The number of hydrogen-bond acceptors (Lipinski definition) is 3. The Balaban J connectivity index is 1.95. The molecule has 3 rings (SSSR count). The summed E-state index contributed by atoms with van der Waals surface area (Å²) in [5.74, 6) is -1.54. The van der Waals surface area contributed by atoms with Crippen LogP contribution in [0.25, 0.3) is 0 Å². The van der Waals surface area contributed by atoms with Gasteiger partial charge in [0.1, 0.15) is 18.8 Å². The highest BCUT2D eigenvalue weighted by molar-refractivity contribution is 6.11. The topological polar surface area (TPSA) is 60.9 Å². The predicted molar refractivity (Wildman–Crippen MR) is 95.4 cm³/mol. The fourth-order valence-corrected chi connectivity index (χ4v) is 3.80. The van der Waals surface area contributed by atoms with E-state index in [2.05, 4.69) is 6.58 Å². The highest BCUT2D eigenvalue weighted by Crippen LogP contribution is 2.43. The number of hydrogen-bond donors (Lipinski definition) is 0. The zero-order chi connectivity index (χ0) is 20.7. The van der Waals surface area contributed by atoms with Crippen LogP contribution in [0.1, 0.15) is 30.1 Å². The molecule has 1 saturated heterocycles. The van der Waals surface area contributed by atoms with Crippen LogP contribution in [0.3, 0.4) is 0 Å². The Morgan fingerprint density at radius 2 is 2.00 bits per heavy atom. The summed E-state index contributed by atoms with van der Waals surface area (Å²) in [6, 6.07) is 6.53. The van der Waals surface area contributed by atoms with Crippen LogP contribution in [0.2, 0.25) is 0 Å². The first-order valence-corrected chi connectivity index (χ1v) is 8.78. The van der Waals surface area contributed by atoms with Gasteiger partial charge in [-0.3, -0.25) is 19.3 Å². The first kappa shape index (κ1) is 19.9. The molecule has 0 bridgehead atoms. The summed E-state index contributed by atoms with van der Waals surface area (Å²) in [7, 11) is 0. The van der Waals surface area contributed by atoms with E-state index in [9.17, 15) is 27.6 Å². The fraction of sp³-hybridized carbons (Fsp3) is 0.421. The molecule has 150 valence electrons. The Morgan fingerprint density at radius 1 is 1.32 bits per heavy atom. The minimum absolute atomic E-state index is 0.182. The van der Waals surface area contributed by atoms with Crippen molar-refractivity contribution in [3.8, 4) is 0 Å². The second-order valence-corrected chi connectivity index (χ2v) is 7.03. The lowest BCUT2D eigenvalue weighted by Crippen LogP contribution is -2.64. The first-order chi connectivity index (χ1) is 13.1. The third-order valence-electron chi connectivity index (χ3n) is 5.11. The van der Waals surface area contributed by atoms with Crippen LogP contribution in [-0.4, -0.2) is 59.0 Å². The van der Waals surface area contributed by atoms with Crippen LogP contribution in [0.5, 0.6) is 0 Å². The number of alkyl halides is 3. The number of benzene rings is 1. The SMILES string of the molecule is C=CCN(CC(F)(F)F)C(=O)CN1C(=O)c2ccccc2N2C(=O)CCC12C. The van der Waals surface area contributed by atoms with Gasteiger partial charge in [0, 0.05) is 13.0 Å². The molecule has 28 heavy (non-hydrogen) atoms. The molecule has 0 saturated carbocycles. The van der Waals surface area contributed by atoms with Crippen molar-refractivity contribution in [3.05, 3.63) is 42.5 Å². The smallest absolute Gasteiger partial charge is 0.328 e. The molecule has 1 aromatic rings. The lowest BCUT2D eigenvalue weighted by Gasteiger charge is -2.48. The summed E-state index contributed by atoms with van der Waals surface area (Å²) in [5, 5.41) is 0. The van der Waals surface area contributed by atoms with Crippen molar-refractivity contribution in [2.45, 2.75) is 31.6 Å². The molecular formula is C19H20F3N3O3. The van der Waals surface area contributed by atoms with Gasteiger partial charge in [-0.2, -0.15) is 13.2 Å². The second kappa shape index (κ2) is 6.96. The normalized spacial score (nSPS) is 21.4. The lowest BCUT2D eigenvalue weighted by molar-refractivity contribution is -0.161. The van der Waals surface area contributed by atoms with E-state index in [1.54, 1.807) is 25.1 Å². The summed E-state index contributed by atoms with van der Waals surface area (Å²) in [4.78, 5) is 41.4. The summed E-state index contributed by atoms with van der Waals surface area (Å²) in [6.07, 6.45) is -2.90. The van der Waals surface area contributed by atoms with Crippen molar-refractivity contribution in [1.82, 2.24) is 9.80 Å². The van der Waals surface area contributed by atoms with Crippen LogP contribution in [0, 0.1) is 0 Å². The van der Waals surface area contributed by atoms with Crippen molar-refractivity contribution < 1.29 is 27.6 Å². The highest BCUT2D eigenvalue weighted by Gasteiger charge is 2.53. The molecule has 9 heteroatoms. The first-order valence-electron chi connectivity index (χ1n) is 8.78. The van der Waals surface area contributed by atoms with Crippen LogP contribution < -0.4 is 4.90 Å². The zero-order valence-corrected chi connectivity index (χ0v) is 15.3. The average molecular weight is 395 g/mol. The number of amides is 3. The number of carbonyl (C=O) groups is 3. The molecule has 1 unspecified atom stereocenters. The van der Waals surface area contributed by atoms with E-state index >= 15 is 0 Å². The van der Waals surface area contributed by atoms with Gasteiger partial charge in [-0.1, -0.05) is 18.2 Å². The highest BCUT2D eigenvalue weighted by atomic mass is 19.4. The molecule has 0 radical (unpaired) electrons. The minimum Gasteiger partial charge on any atom is -0.328 e. The number of anilines is 1. The van der Waals surface area contributed by atoms with Crippen molar-refractivity contribution in [1.29, 1.82) is 0 Å². The van der Waals surface area contributed by atoms with E-state index in [-0.39, 0.29) is 24.4 Å². The Bertz CT molecular complexity index is 839. The predicted octanol–water partition coefficient (Wildman–Crippen LogP) is 2.56. The van der Waals surface area contributed by atoms with Gasteiger partial charge in [-0.25, -0.2) is 0 Å². The number of rotatable bonds is 5. The number of halogens is 3. The largest absolute Gasteiger partial charge is 0.406 e. The van der Waals surface area contributed by atoms with E-state index in [4.69, 9.17) is 0 Å². The van der Waals surface area contributed by atoms with E-state index in [1.807, 2.05) is 0 Å². The summed E-state index contributed by atoms with van der Waals surface area (Å²) >= 11 is 0. The Morgan fingerprint density at radius 3 is 2.64 bits per heavy atom. The number of nitrogens with zero attached hydrogens (tertiary/aromatic N) is 3. The molecule has 1 atom stereocenters. The number of para-hydroxylation sites is 1. The van der Waals surface area contributed by atoms with Gasteiger partial charge in [-0.15, -0.1) is 6.58 Å². The van der Waals surface area contributed by atoms with Crippen molar-refractivity contribution in [3.63, 3.8) is 0 Å². The maximum absolute atomic E-state index is 13.0. The molecule has 0 aliphatic carbocycles. The van der Waals surface area contributed by atoms with Crippen LogP contribution in [-0.2, 0) is 9.59 Å². The van der Waals surface area contributed by atoms with Gasteiger partial charge in [0.05, 0.1) is 11.3 Å². The molecule has 2 aliphatic heterocycles. The zero-order valence-electron chi connectivity index (χ0n) is 15.3. The fourth-order valence-electron chi connectivity index (χ4n) is 3.80. The Labute approximate surface area is 160 Å². The third kappa shape index (κ3) is 3.36. The molecule has 3 amide bonds. The van der Waals surface area contributed by atoms with E-state index < -0.39 is 36.7 Å². The molecule has 0 spiro atoms. The quantitative estimate of drug-likeness (QED) is 0.720. The molecule has 0 N–H and O–H groups in total. The third-order valence-corrected chi connectivity index (χ3v) is 5.11. The molecule has 0 aromatic heterocycles. The van der Waals surface area contributed by atoms with Gasteiger partial charge < -0.3 is 9.80 Å². The van der Waals surface area contributed by atoms with Crippen LogP contribution in [0.15, 0.2) is 36.9 Å². The lowest BCUT2D eigenvalue weighted by atomic mass is 9.98. The molecule has 1 aromatic carbocycles. The molecule has 6 nitrogen and oxygen atoms in total. The van der Waals surface area contributed by atoms with E-state index in [0.717, 1.165) is 0 Å². The van der Waals surface area contributed by atoms with Crippen molar-refractivity contribution in [2.75, 3.05) is 24.5 Å². The number of fused-ring (bicyclic) bond motifs is 3. The van der Waals surface area contributed by atoms with E-state index in [1.165, 1.54) is 21.9 Å². The van der Waals surface area contributed by atoms with Gasteiger partial charge >= 0.3 is 6.18 Å². The Kier molecular flexibility index (Phi) is 4.95. The van der Waals surface area contributed by atoms with Crippen LogP contribution >= 0.6 is 0 Å². The summed E-state index contributed by atoms with van der Waals surface area (Å²) in [6.45, 7) is 2.75. The maximum Gasteiger partial charge on any atom is 0.406 e. The van der Waals surface area contributed by atoms with Crippen molar-refractivity contribution in [2.24, 2.45) is 0 Å². The molecule has 2 heterocycles. The summed E-state index contributed by atoms with van der Waals surface area (Å²) < 4.78 is 38.5.